The summed E-state index contributed by atoms with van der Waals surface area (Å²) < 4.78 is 14.3. The van der Waals surface area contributed by atoms with Gasteiger partial charge in [0.15, 0.2) is 0 Å². The summed E-state index contributed by atoms with van der Waals surface area (Å²) in [7, 11) is 0. The summed E-state index contributed by atoms with van der Waals surface area (Å²) in [6, 6.07) is 3.36. The van der Waals surface area contributed by atoms with Crippen LogP contribution in [0.15, 0.2) is 12.1 Å². The van der Waals surface area contributed by atoms with E-state index in [2.05, 4.69) is 22.6 Å². The maximum Gasteiger partial charge on any atom is 0.126 e. The van der Waals surface area contributed by atoms with Crippen LogP contribution in [0.3, 0.4) is 0 Å². The molecule has 0 saturated heterocycles. The van der Waals surface area contributed by atoms with Crippen molar-refractivity contribution >= 4 is 22.6 Å². The molecule has 0 spiro atoms. The van der Waals surface area contributed by atoms with Crippen LogP contribution in [0.1, 0.15) is 23.6 Å². The quantitative estimate of drug-likeness (QED) is 0.724. The minimum absolute atomic E-state index is 0.0441. The Morgan fingerprint density at radius 2 is 2.25 bits per heavy atom. The number of hydrogen-bond donors (Lipinski definition) is 1. The molecule has 1 aliphatic rings. The molecule has 0 bridgehead atoms. The molecule has 64 valence electrons. The highest BCUT2D eigenvalue weighted by atomic mass is 127. The molecule has 12 heavy (non-hydrogen) atoms. The third-order valence-electron chi connectivity index (χ3n) is 2.32. The van der Waals surface area contributed by atoms with Gasteiger partial charge in [-0.05, 0) is 58.7 Å². The van der Waals surface area contributed by atoms with E-state index in [0.29, 0.717) is 0 Å². The molecule has 0 saturated carbocycles. The molecule has 0 aromatic heterocycles. The van der Waals surface area contributed by atoms with Gasteiger partial charge in [-0.1, -0.05) is 0 Å². The van der Waals surface area contributed by atoms with E-state index in [1.54, 1.807) is 6.07 Å². The van der Waals surface area contributed by atoms with Gasteiger partial charge in [-0.25, -0.2) is 4.39 Å². The summed E-state index contributed by atoms with van der Waals surface area (Å²) in [5.74, 6) is -0.0987. The molecule has 0 aliphatic heterocycles. The number of halogens is 2. The Morgan fingerprint density at radius 1 is 1.50 bits per heavy atom. The van der Waals surface area contributed by atoms with Crippen LogP contribution < -0.4 is 5.73 Å². The molecule has 0 heterocycles. The number of hydrogen-bond acceptors (Lipinski definition) is 1. The van der Waals surface area contributed by atoms with Crippen molar-refractivity contribution < 1.29 is 4.39 Å². The van der Waals surface area contributed by atoms with Gasteiger partial charge in [0.2, 0.25) is 0 Å². The van der Waals surface area contributed by atoms with E-state index >= 15 is 0 Å². The molecule has 1 nitrogen and oxygen atoms in total. The van der Waals surface area contributed by atoms with Gasteiger partial charge in [-0.15, -0.1) is 0 Å². The second kappa shape index (κ2) is 2.96. The maximum atomic E-state index is 13.2. The average Bonchev–Trinajstić information content (AvgIpc) is 2.42. The molecular formula is C9H9FIN. The van der Waals surface area contributed by atoms with Crippen LogP contribution in [0, 0.1) is 9.39 Å². The molecule has 1 atom stereocenters. The van der Waals surface area contributed by atoms with Crippen LogP contribution >= 0.6 is 22.6 Å². The summed E-state index contributed by atoms with van der Waals surface area (Å²) >= 11 is 2.21. The van der Waals surface area contributed by atoms with E-state index in [4.69, 9.17) is 5.73 Å². The van der Waals surface area contributed by atoms with Gasteiger partial charge in [0.1, 0.15) is 5.82 Å². The molecule has 0 unspecified atom stereocenters. The fourth-order valence-electron chi connectivity index (χ4n) is 1.71. The molecule has 0 fully saturated rings. The van der Waals surface area contributed by atoms with Crippen molar-refractivity contribution in [1.29, 1.82) is 0 Å². The second-order valence-electron chi connectivity index (χ2n) is 3.07. The molecule has 1 aromatic rings. The highest BCUT2D eigenvalue weighted by Crippen LogP contribution is 2.34. The van der Waals surface area contributed by atoms with Crippen LogP contribution in [0.25, 0.3) is 0 Å². The summed E-state index contributed by atoms with van der Waals surface area (Å²) in [6.45, 7) is 0. The zero-order chi connectivity index (χ0) is 8.72. The number of rotatable bonds is 0. The van der Waals surface area contributed by atoms with Crippen molar-refractivity contribution in [3.8, 4) is 0 Å². The SMILES string of the molecule is N[C@H]1CCc2c(F)ccc(I)c21. The van der Waals surface area contributed by atoms with E-state index < -0.39 is 0 Å². The standard InChI is InChI=1S/C9H9FIN/c10-6-2-3-7(11)9-5(6)1-4-8(9)12/h2-3,8H,1,4,12H2/t8-/m0/s1. The molecular weight excluding hydrogens is 268 g/mol. The number of fused-ring (bicyclic) bond motifs is 1. The van der Waals surface area contributed by atoms with E-state index in [1.807, 2.05) is 0 Å². The van der Waals surface area contributed by atoms with Gasteiger partial charge in [-0.2, -0.15) is 0 Å². The van der Waals surface area contributed by atoms with Gasteiger partial charge in [0.05, 0.1) is 0 Å². The fourth-order valence-corrected chi connectivity index (χ4v) is 2.61. The summed E-state index contributed by atoms with van der Waals surface area (Å²) in [6.07, 6.45) is 1.67. The molecule has 2 rings (SSSR count). The van der Waals surface area contributed by atoms with Crippen LogP contribution in [0.5, 0.6) is 0 Å². The zero-order valence-electron chi connectivity index (χ0n) is 6.48. The smallest absolute Gasteiger partial charge is 0.126 e. The van der Waals surface area contributed by atoms with Crippen LogP contribution in [0.2, 0.25) is 0 Å². The number of nitrogens with two attached hydrogens (primary N) is 1. The maximum absolute atomic E-state index is 13.2. The Balaban J connectivity index is 2.64. The van der Waals surface area contributed by atoms with Crippen molar-refractivity contribution in [3.05, 3.63) is 32.6 Å². The van der Waals surface area contributed by atoms with Gasteiger partial charge in [0, 0.05) is 9.61 Å². The van der Waals surface area contributed by atoms with Crippen LogP contribution in [-0.4, -0.2) is 0 Å². The third kappa shape index (κ3) is 1.15. The average molecular weight is 277 g/mol. The summed E-state index contributed by atoms with van der Waals surface area (Å²) in [5, 5.41) is 0. The normalized spacial score (nSPS) is 21.1. The largest absolute Gasteiger partial charge is 0.324 e. The van der Waals surface area contributed by atoms with E-state index in [9.17, 15) is 4.39 Å². The monoisotopic (exact) mass is 277 g/mol. The first kappa shape index (κ1) is 8.44. The van der Waals surface area contributed by atoms with E-state index in [1.165, 1.54) is 6.07 Å². The zero-order valence-corrected chi connectivity index (χ0v) is 8.64. The van der Waals surface area contributed by atoms with Crippen LogP contribution in [0.4, 0.5) is 4.39 Å². The van der Waals surface area contributed by atoms with Gasteiger partial charge >= 0.3 is 0 Å². The highest BCUT2D eigenvalue weighted by Gasteiger charge is 2.24. The van der Waals surface area contributed by atoms with Gasteiger partial charge in [0.25, 0.3) is 0 Å². The lowest BCUT2D eigenvalue weighted by atomic mass is 10.1. The van der Waals surface area contributed by atoms with Crippen molar-refractivity contribution in [1.82, 2.24) is 0 Å². The molecule has 1 aliphatic carbocycles. The lowest BCUT2D eigenvalue weighted by Crippen LogP contribution is -2.07. The van der Waals surface area contributed by atoms with Crippen molar-refractivity contribution in [2.75, 3.05) is 0 Å². The molecule has 2 N–H and O–H groups in total. The van der Waals surface area contributed by atoms with Gasteiger partial charge < -0.3 is 5.73 Å². The Kier molecular flexibility index (Phi) is 2.08. The van der Waals surface area contributed by atoms with Crippen molar-refractivity contribution in [2.45, 2.75) is 18.9 Å². The molecule has 3 heteroatoms. The third-order valence-corrected chi connectivity index (χ3v) is 3.26. The first-order valence-electron chi connectivity index (χ1n) is 3.92. The predicted octanol–water partition coefficient (Wildman–Crippen LogP) is 2.38. The minimum atomic E-state index is -0.0987. The summed E-state index contributed by atoms with van der Waals surface area (Å²) in [5.41, 5.74) is 7.70. The number of benzene rings is 1. The Bertz CT molecular complexity index is 325. The summed E-state index contributed by atoms with van der Waals surface area (Å²) in [4.78, 5) is 0. The first-order chi connectivity index (χ1) is 5.70. The molecule has 0 amide bonds. The molecule has 0 radical (unpaired) electrons. The first-order valence-corrected chi connectivity index (χ1v) is 5.00. The van der Waals surface area contributed by atoms with Gasteiger partial charge in [-0.3, -0.25) is 0 Å². The predicted molar refractivity (Wildman–Crippen MR) is 54.4 cm³/mol. The Labute approximate surface area is 84.3 Å². The van der Waals surface area contributed by atoms with Crippen molar-refractivity contribution in [2.24, 2.45) is 5.73 Å². The second-order valence-corrected chi connectivity index (χ2v) is 4.23. The lowest BCUT2D eigenvalue weighted by molar-refractivity contribution is 0.612. The van der Waals surface area contributed by atoms with Crippen molar-refractivity contribution in [3.63, 3.8) is 0 Å². The minimum Gasteiger partial charge on any atom is -0.324 e. The molecule has 1 aromatic carbocycles. The fraction of sp³-hybridized carbons (Fsp3) is 0.333. The highest BCUT2D eigenvalue weighted by molar-refractivity contribution is 14.1. The lowest BCUT2D eigenvalue weighted by Gasteiger charge is -2.07. The van der Waals surface area contributed by atoms with E-state index in [0.717, 1.165) is 27.5 Å². The Morgan fingerprint density at radius 3 is 2.92 bits per heavy atom. The van der Waals surface area contributed by atoms with E-state index in [-0.39, 0.29) is 11.9 Å². The topological polar surface area (TPSA) is 26.0 Å². The van der Waals surface area contributed by atoms with Crippen LogP contribution in [-0.2, 0) is 6.42 Å². The Hall–Kier alpha value is -0.160.